The summed E-state index contributed by atoms with van der Waals surface area (Å²) in [4.78, 5) is 24.5. The zero-order valence-corrected chi connectivity index (χ0v) is 20.0. The molecule has 174 valence electrons. The zero-order chi connectivity index (χ0) is 21.6. The molecular formula is C27H48O3. The number of carbonyl (C=O) groups excluding carboxylic acids is 2. The van der Waals surface area contributed by atoms with Gasteiger partial charge in [0.15, 0.2) is 0 Å². The minimum absolute atomic E-state index is 0.0580. The number of Topliss-reactive ketones (excluding diaryl/α,β-unsaturated/α-hetero) is 1. The van der Waals surface area contributed by atoms with Gasteiger partial charge in [0.05, 0.1) is 12.5 Å². The predicted molar refractivity (Wildman–Crippen MR) is 124 cm³/mol. The highest BCUT2D eigenvalue weighted by atomic mass is 16.5. The number of carbonyl (C=O) groups is 2. The maximum atomic E-state index is 12.5. The second-order valence-corrected chi connectivity index (χ2v) is 10.1. The van der Waals surface area contributed by atoms with Crippen LogP contribution in [0.1, 0.15) is 129 Å². The third-order valence-corrected chi connectivity index (χ3v) is 7.65. The van der Waals surface area contributed by atoms with Crippen molar-refractivity contribution in [3.8, 4) is 0 Å². The van der Waals surface area contributed by atoms with Crippen LogP contribution in [0, 0.1) is 23.7 Å². The van der Waals surface area contributed by atoms with Gasteiger partial charge >= 0.3 is 5.97 Å². The lowest BCUT2D eigenvalue weighted by molar-refractivity contribution is -0.154. The van der Waals surface area contributed by atoms with Gasteiger partial charge in [-0.15, -0.1) is 0 Å². The molecule has 4 unspecified atom stereocenters. The lowest BCUT2D eigenvalue weighted by Crippen LogP contribution is -2.35. The number of hydrogen-bond acceptors (Lipinski definition) is 3. The molecule has 2 rings (SSSR count). The molecule has 0 saturated heterocycles. The predicted octanol–water partition coefficient (Wildman–Crippen LogP) is 7.65. The fourth-order valence-electron chi connectivity index (χ4n) is 5.96. The Morgan fingerprint density at radius 1 is 0.667 bits per heavy atom. The molecule has 0 aromatic carbocycles. The van der Waals surface area contributed by atoms with Crippen LogP contribution in [0.4, 0.5) is 0 Å². The number of ketones is 1. The molecule has 3 heteroatoms. The van der Waals surface area contributed by atoms with Crippen molar-refractivity contribution >= 4 is 11.8 Å². The molecule has 4 atom stereocenters. The van der Waals surface area contributed by atoms with Gasteiger partial charge in [-0.05, 0) is 44.4 Å². The highest BCUT2D eigenvalue weighted by Gasteiger charge is 2.53. The van der Waals surface area contributed by atoms with E-state index in [2.05, 4.69) is 6.92 Å². The highest BCUT2D eigenvalue weighted by molar-refractivity contribution is 5.86. The summed E-state index contributed by atoms with van der Waals surface area (Å²) in [6.07, 6.45) is 23.4. The summed E-state index contributed by atoms with van der Waals surface area (Å²) in [5.41, 5.74) is 0. The molecule has 30 heavy (non-hydrogen) atoms. The Balaban J connectivity index is 1.37. The van der Waals surface area contributed by atoms with E-state index in [1.165, 1.54) is 83.5 Å². The molecule has 0 radical (unpaired) electrons. The summed E-state index contributed by atoms with van der Waals surface area (Å²) in [6.45, 7) is 4.47. The van der Waals surface area contributed by atoms with E-state index < -0.39 is 0 Å². The van der Waals surface area contributed by atoms with E-state index in [9.17, 15) is 9.59 Å². The Hall–Kier alpha value is -0.860. The third kappa shape index (κ3) is 8.71. The van der Waals surface area contributed by atoms with Crippen molar-refractivity contribution < 1.29 is 14.3 Å². The fraction of sp³-hybridized carbons (Fsp3) is 0.926. The van der Waals surface area contributed by atoms with Gasteiger partial charge in [-0.3, -0.25) is 9.59 Å². The Morgan fingerprint density at radius 3 is 1.57 bits per heavy atom. The lowest BCUT2D eigenvalue weighted by Gasteiger charge is -2.27. The highest BCUT2D eigenvalue weighted by Crippen LogP contribution is 2.53. The molecule has 2 aliphatic rings. The SMILES string of the molecule is CCCCCCCCCCCCCCCCCOC(=O)C1C2CCC(C2)C1C(C)=O. The van der Waals surface area contributed by atoms with E-state index in [-0.39, 0.29) is 23.6 Å². The molecule has 2 fully saturated rings. The molecule has 0 aromatic heterocycles. The van der Waals surface area contributed by atoms with Crippen LogP contribution in [0.5, 0.6) is 0 Å². The van der Waals surface area contributed by atoms with Gasteiger partial charge in [0.25, 0.3) is 0 Å². The number of esters is 1. The van der Waals surface area contributed by atoms with Crippen molar-refractivity contribution in [3.63, 3.8) is 0 Å². The van der Waals surface area contributed by atoms with Gasteiger partial charge in [0, 0.05) is 5.92 Å². The third-order valence-electron chi connectivity index (χ3n) is 7.65. The Bertz CT molecular complexity index is 486. The average molecular weight is 421 g/mol. The molecule has 3 nitrogen and oxygen atoms in total. The first kappa shape index (κ1) is 25.4. The van der Waals surface area contributed by atoms with E-state index >= 15 is 0 Å². The van der Waals surface area contributed by atoms with E-state index in [4.69, 9.17) is 4.74 Å². The summed E-state index contributed by atoms with van der Waals surface area (Å²) in [5, 5.41) is 0. The summed E-state index contributed by atoms with van der Waals surface area (Å²) in [6, 6.07) is 0. The number of ether oxygens (including phenoxy) is 1. The van der Waals surface area contributed by atoms with Crippen LogP contribution in [0.25, 0.3) is 0 Å². The van der Waals surface area contributed by atoms with Crippen LogP contribution >= 0.6 is 0 Å². The smallest absolute Gasteiger partial charge is 0.309 e. The largest absolute Gasteiger partial charge is 0.465 e. The normalized spacial score (nSPS) is 25.0. The minimum atomic E-state index is -0.141. The van der Waals surface area contributed by atoms with Crippen LogP contribution < -0.4 is 0 Å². The molecule has 0 aromatic rings. The molecule has 2 bridgehead atoms. The summed E-state index contributed by atoms with van der Waals surface area (Å²) in [7, 11) is 0. The topological polar surface area (TPSA) is 43.4 Å². The average Bonchev–Trinajstić information content (AvgIpc) is 3.35. The van der Waals surface area contributed by atoms with Gasteiger partial charge in [0.1, 0.15) is 5.78 Å². The van der Waals surface area contributed by atoms with E-state index in [0.29, 0.717) is 18.4 Å². The van der Waals surface area contributed by atoms with Crippen molar-refractivity contribution in [2.75, 3.05) is 6.61 Å². The number of rotatable bonds is 18. The molecule has 0 aliphatic heterocycles. The monoisotopic (exact) mass is 420 g/mol. The zero-order valence-electron chi connectivity index (χ0n) is 20.0. The van der Waals surface area contributed by atoms with Crippen LogP contribution in [-0.4, -0.2) is 18.4 Å². The van der Waals surface area contributed by atoms with Crippen molar-refractivity contribution in [3.05, 3.63) is 0 Å². The van der Waals surface area contributed by atoms with Crippen LogP contribution in [0.15, 0.2) is 0 Å². The van der Waals surface area contributed by atoms with E-state index in [1.54, 1.807) is 6.92 Å². The van der Waals surface area contributed by atoms with Crippen molar-refractivity contribution in [2.45, 2.75) is 129 Å². The van der Waals surface area contributed by atoms with Gasteiger partial charge in [-0.25, -0.2) is 0 Å². The van der Waals surface area contributed by atoms with Crippen LogP contribution in [-0.2, 0) is 14.3 Å². The number of hydrogen-bond donors (Lipinski definition) is 0. The van der Waals surface area contributed by atoms with E-state index in [0.717, 1.165) is 32.1 Å². The number of unbranched alkanes of at least 4 members (excludes halogenated alkanes) is 14. The second kappa shape index (κ2) is 15.0. The Labute approximate surface area is 186 Å². The maximum Gasteiger partial charge on any atom is 0.309 e. The summed E-state index contributed by atoms with van der Waals surface area (Å²) >= 11 is 0. The van der Waals surface area contributed by atoms with Gasteiger partial charge in [-0.2, -0.15) is 0 Å². The maximum absolute atomic E-state index is 12.5. The first-order chi connectivity index (χ1) is 14.6. The molecular weight excluding hydrogens is 372 g/mol. The second-order valence-electron chi connectivity index (χ2n) is 10.1. The first-order valence-electron chi connectivity index (χ1n) is 13.3. The van der Waals surface area contributed by atoms with Gasteiger partial charge in [-0.1, -0.05) is 96.8 Å². The Kier molecular flexibility index (Phi) is 12.7. The Morgan fingerprint density at radius 2 is 1.10 bits per heavy atom. The quantitative estimate of drug-likeness (QED) is 0.169. The van der Waals surface area contributed by atoms with Crippen LogP contribution in [0.2, 0.25) is 0 Å². The first-order valence-corrected chi connectivity index (χ1v) is 13.3. The molecule has 0 heterocycles. The van der Waals surface area contributed by atoms with Crippen molar-refractivity contribution in [1.29, 1.82) is 0 Å². The standard InChI is InChI=1S/C27H48O3/c1-3-4-5-6-7-8-9-10-11-12-13-14-15-16-17-20-30-27(29)26-24-19-18-23(21-24)25(26)22(2)28/h23-26H,3-21H2,1-2H3. The van der Waals surface area contributed by atoms with Crippen LogP contribution in [0.3, 0.4) is 0 Å². The van der Waals surface area contributed by atoms with Gasteiger partial charge in [0.2, 0.25) is 0 Å². The van der Waals surface area contributed by atoms with Crippen molar-refractivity contribution in [2.24, 2.45) is 23.7 Å². The molecule has 0 amide bonds. The van der Waals surface area contributed by atoms with E-state index in [1.807, 2.05) is 0 Å². The minimum Gasteiger partial charge on any atom is -0.465 e. The summed E-state index contributed by atoms with van der Waals surface area (Å²) in [5.74, 6) is 0.743. The molecule has 0 N–H and O–H groups in total. The molecule has 2 saturated carbocycles. The lowest BCUT2D eigenvalue weighted by atomic mass is 9.77. The number of fused-ring (bicyclic) bond motifs is 2. The molecule has 0 spiro atoms. The summed E-state index contributed by atoms with van der Waals surface area (Å²) < 4.78 is 5.58. The van der Waals surface area contributed by atoms with Gasteiger partial charge < -0.3 is 4.74 Å². The molecule has 2 aliphatic carbocycles. The fourth-order valence-corrected chi connectivity index (χ4v) is 5.96. The van der Waals surface area contributed by atoms with Crippen molar-refractivity contribution in [1.82, 2.24) is 0 Å².